The molecule has 18 heavy (non-hydrogen) atoms. The summed E-state index contributed by atoms with van der Waals surface area (Å²) in [6, 6.07) is 7.37. The van der Waals surface area contributed by atoms with Crippen molar-refractivity contribution in [2.24, 2.45) is 17.8 Å². The van der Waals surface area contributed by atoms with Gasteiger partial charge in [0.25, 0.3) is 0 Å². The zero-order valence-corrected chi connectivity index (χ0v) is 10.2. The van der Waals surface area contributed by atoms with Crippen molar-refractivity contribution in [3.8, 4) is 0 Å². The second-order valence-corrected chi connectivity index (χ2v) is 5.23. The van der Waals surface area contributed by atoms with E-state index < -0.39 is 0 Å². The summed E-state index contributed by atoms with van der Waals surface area (Å²) in [7, 11) is 0. The minimum atomic E-state index is 0.000571. The average molecular weight is 243 g/mol. The van der Waals surface area contributed by atoms with Gasteiger partial charge in [0.15, 0.2) is 0 Å². The third-order valence-electron chi connectivity index (χ3n) is 3.99. The molecule has 0 saturated heterocycles. The lowest BCUT2D eigenvalue weighted by molar-refractivity contribution is -0.120. The molecule has 2 aliphatic rings. The van der Waals surface area contributed by atoms with Gasteiger partial charge in [-0.15, -0.1) is 0 Å². The maximum absolute atomic E-state index is 12.2. The lowest BCUT2D eigenvalue weighted by atomic mass is 9.93. The molecule has 3 nitrogen and oxygen atoms in total. The van der Waals surface area contributed by atoms with Crippen LogP contribution in [0.5, 0.6) is 0 Å². The first kappa shape index (κ1) is 11.5. The van der Waals surface area contributed by atoms with E-state index >= 15 is 0 Å². The van der Waals surface area contributed by atoms with Crippen LogP contribution in [0.15, 0.2) is 36.4 Å². The summed E-state index contributed by atoms with van der Waals surface area (Å²) in [4.78, 5) is 12.2. The summed E-state index contributed by atoms with van der Waals surface area (Å²) >= 11 is 0. The van der Waals surface area contributed by atoms with Gasteiger partial charge in [-0.2, -0.15) is 0 Å². The number of hydrogen-bond donors (Lipinski definition) is 2. The Balaban J connectivity index is 1.69. The number of fused-ring (bicyclic) bond motifs is 2. The Labute approximate surface area is 107 Å². The van der Waals surface area contributed by atoms with Crippen molar-refractivity contribution >= 4 is 11.6 Å². The molecule has 1 aromatic carbocycles. The van der Waals surface area contributed by atoms with E-state index in [2.05, 4.69) is 17.5 Å². The van der Waals surface area contributed by atoms with Crippen LogP contribution in [0.3, 0.4) is 0 Å². The number of carbonyl (C=O) groups excluding carboxylic acids is 1. The number of aliphatic hydroxyl groups excluding tert-OH is 1. The van der Waals surface area contributed by atoms with Gasteiger partial charge in [0, 0.05) is 11.6 Å². The number of benzene rings is 1. The molecule has 3 rings (SSSR count). The fraction of sp³-hybridized carbons (Fsp3) is 0.400. The molecule has 2 N–H and O–H groups in total. The zero-order valence-electron chi connectivity index (χ0n) is 10.2. The van der Waals surface area contributed by atoms with Gasteiger partial charge < -0.3 is 10.4 Å². The zero-order chi connectivity index (χ0) is 12.5. The van der Waals surface area contributed by atoms with Crippen molar-refractivity contribution in [2.45, 2.75) is 19.4 Å². The van der Waals surface area contributed by atoms with Gasteiger partial charge in [-0.3, -0.25) is 4.79 Å². The smallest absolute Gasteiger partial charge is 0.228 e. The third-order valence-corrected chi connectivity index (χ3v) is 3.99. The lowest BCUT2D eigenvalue weighted by Gasteiger charge is -2.17. The van der Waals surface area contributed by atoms with E-state index in [0.717, 1.165) is 24.1 Å². The summed E-state index contributed by atoms with van der Waals surface area (Å²) in [5.41, 5.74) is 1.60. The molecular formula is C15H17NO2. The number of aliphatic hydroxyl groups is 1. The first-order valence-electron chi connectivity index (χ1n) is 6.45. The van der Waals surface area contributed by atoms with Gasteiger partial charge in [0.05, 0.1) is 6.61 Å². The summed E-state index contributed by atoms with van der Waals surface area (Å²) in [5.74, 6) is 1.27. The second kappa shape index (κ2) is 4.58. The summed E-state index contributed by atoms with van der Waals surface area (Å²) in [6.07, 6.45) is 6.53. The van der Waals surface area contributed by atoms with Crippen LogP contribution < -0.4 is 5.32 Å². The Kier molecular flexibility index (Phi) is 2.92. The van der Waals surface area contributed by atoms with Crippen LogP contribution in [0.2, 0.25) is 0 Å². The maximum atomic E-state index is 12.2. The topological polar surface area (TPSA) is 49.3 Å². The number of allylic oxidation sites excluding steroid dienone is 2. The number of carbonyl (C=O) groups is 1. The van der Waals surface area contributed by atoms with Crippen LogP contribution in [0.25, 0.3) is 0 Å². The van der Waals surface area contributed by atoms with Crippen LogP contribution in [0, 0.1) is 17.8 Å². The molecule has 94 valence electrons. The minimum absolute atomic E-state index is 0.000571. The van der Waals surface area contributed by atoms with Crippen molar-refractivity contribution in [1.82, 2.24) is 0 Å². The molecule has 0 radical (unpaired) electrons. The number of nitrogens with one attached hydrogen (secondary N) is 1. The van der Waals surface area contributed by atoms with Crippen molar-refractivity contribution in [2.75, 3.05) is 5.32 Å². The van der Waals surface area contributed by atoms with E-state index in [4.69, 9.17) is 5.11 Å². The quantitative estimate of drug-likeness (QED) is 0.800. The molecule has 1 fully saturated rings. The van der Waals surface area contributed by atoms with Crippen LogP contribution >= 0.6 is 0 Å². The highest BCUT2D eigenvalue weighted by Crippen LogP contribution is 2.43. The minimum Gasteiger partial charge on any atom is -0.392 e. The Morgan fingerprint density at radius 1 is 1.33 bits per heavy atom. The van der Waals surface area contributed by atoms with Crippen LogP contribution in [0.4, 0.5) is 5.69 Å². The molecule has 0 aliphatic heterocycles. The van der Waals surface area contributed by atoms with Crippen molar-refractivity contribution < 1.29 is 9.90 Å². The second-order valence-electron chi connectivity index (χ2n) is 5.23. The van der Waals surface area contributed by atoms with Crippen molar-refractivity contribution in [3.05, 3.63) is 42.0 Å². The molecule has 0 aromatic heterocycles. The fourth-order valence-electron chi connectivity index (χ4n) is 3.06. The molecule has 1 aromatic rings. The molecule has 3 unspecified atom stereocenters. The normalized spacial score (nSPS) is 28.6. The van der Waals surface area contributed by atoms with Gasteiger partial charge >= 0.3 is 0 Å². The highest BCUT2D eigenvalue weighted by atomic mass is 16.3. The van der Waals surface area contributed by atoms with E-state index in [1.54, 1.807) is 0 Å². The largest absolute Gasteiger partial charge is 0.392 e. The summed E-state index contributed by atoms with van der Waals surface area (Å²) < 4.78 is 0. The third kappa shape index (κ3) is 2.06. The standard InChI is InChI=1S/C15H17NO2/c17-9-11-2-1-3-13(7-11)16-15(18)14-8-10-4-5-12(14)6-10/h1-5,7,10,12,14,17H,6,8-9H2,(H,16,18). The summed E-state index contributed by atoms with van der Waals surface area (Å²) in [5, 5.41) is 12.0. The first-order chi connectivity index (χ1) is 8.76. The number of rotatable bonds is 3. The highest BCUT2D eigenvalue weighted by Gasteiger charge is 2.39. The van der Waals surface area contributed by atoms with Gasteiger partial charge in [0.2, 0.25) is 5.91 Å². The average Bonchev–Trinajstić information content (AvgIpc) is 3.01. The van der Waals surface area contributed by atoms with E-state index in [9.17, 15) is 4.79 Å². The van der Waals surface area contributed by atoms with Gasteiger partial charge in [0.1, 0.15) is 0 Å². The fourth-order valence-corrected chi connectivity index (χ4v) is 3.06. The molecule has 2 bridgehead atoms. The van der Waals surface area contributed by atoms with Crippen LogP contribution in [-0.4, -0.2) is 11.0 Å². The number of anilines is 1. The predicted molar refractivity (Wildman–Crippen MR) is 69.8 cm³/mol. The van der Waals surface area contributed by atoms with Gasteiger partial charge in [-0.1, -0.05) is 24.3 Å². The van der Waals surface area contributed by atoms with E-state index in [0.29, 0.717) is 11.8 Å². The monoisotopic (exact) mass is 243 g/mol. The molecule has 3 atom stereocenters. The number of amides is 1. The van der Waals surface area contributed by atoms with Crippen LogP contribution in [0.1, 0.15) is 18.4 Å². The molecule has 0 spiro atoms. The van der Waals surface area contributed by atoms with Gasteiger partial charge in [-0.05, 0) is 42.4 Å². The SMILES string of the molecule is O=C(Nc1cccc(CO)c1)C1CC2C=CC1C2. The Bertz CT molecular complexity index is 495. The molecule has 3 heteroatoms. The van der Waals surface area contributed by atoms with Crippen molar-refractivity contribution in [1.29, 1.82) is 0 Å². The van der Waals surface area contributed by atoms with E-state index in [-0.39, 0.29) is 18.4 Å². The van der Waals surface area contributed by atoms with Gasteiger partial charge in [-0.25, -0.2) is 0 Å². The Morgan fingerprint density at radius 3 is 2.89 bits per heavy atom. The van der Waals surface area contributed by atoms with Crippen LogP contribution in [-0.2, 0) is 11.4 Å². The number of hydrogen-bond acceptors (Lipinski definition) is 2. The molecule has 2 aliphatic carbocycles. The Morgan fingerprint density at radius 2 is 2.22 bits per heavy atom. The van der Waals surface area contributed by atoms with Crippen molar-refractivity contribution in [3.63, 3.8) is 0 Å². The highest BCUT2D eigenvalue weighted by molar-refractivity contribution is 5.93. The maximum Gasteiger partial charge on any atom is 0.228 e. The van der Waals surface area contributed by atoms with E-state index in [1.807, 2.05) is 24.3 Å². The predicted octanol–water partition coefficient (Wildman–Crippen LogP) is 2.33. The molecule has 1 saturated carbocycles. The lowest BCUT2D eigenvalue weighted by Crippen LogP contribution is -2.25. The molecule has 0 heterocycles. The molecular weight excluding hydrogens is 226 g/mol. The first-order valence-corrected chi connectivity index (χ1v) is 6.45. The Hall–Kier alpha value is -1.61. The summed E-state index contributed by atoms with van der Waals surface area (Å²) in [6.45, 7) is 0.000571. The van der Waals surface area contributed by atoms with E-state index in [1.165, 1.54) is 0 Å². The molecule has 1 amide bonds.